The lowest BCUT2D eigenvalue weighted by Gasteiger charge is -2.43. The number of anilines is 1. The van der Waals surface area contributed by atoms with Crippen molar-refractivity contribution in [2.45, 2.75) is 77.9 Å². The number of aryl methyl sites for hydroxylation is 1. The van der Waals surface area contributed by atoms with Gasteiger partial charge in [-0.1, -0.05) is 75.4 Å². The van der Waals surface area contributed by atoms with Gasteiger partial charge in [0.25, 0.3) is 5.91 Å². The van der Waals surface area contributed by atoms with Crippen molar-refractivity contribution in [3.05, 3.63) is 99.6 Å². The van der Waals surface area contributed by atoms with Gasteiger partial charge >= 0.3 is 0 Å². The summed E-state index contributed by atoms with van der Waals surface area (Å²) in [6, 6.07) is 20.1. The molecule has 1 aliphatic rings. The minimum atomic E-state index is -0.927. The average Bonchev–Trinajstić information content (AvgIpc) is 2.93. The summed E-state index contributed by atoms with van der Waals surface area (Å²) in [5, 5.41) is 14.9. The third kappa shape index (κ3) is 6.37. The molecule has 204 valence electrons. The monoisotopic (exact) mass is 522 g/mol. The molecule has 0 spiro atoms. The summed E-state index contributed by atoms with van der Waals surface area (Å²) in [6.07, 6.45) is 1.28. The van der Waals surface area contributed by atoms with Gasteiger partial charge in [-0.3, -0.25) is 4.79 Å². The summed E-state index contributed by atoms with van der Waals surface area (Å²) < 4.78 is 0. The molecule has 1 amide bonds. The number of nitrogens with zero attached hydrogens (tertiary/aromatic N) is 1. The predicted octanol–water partition coefficient (Wildman–Crippen LogP) is 7.13. The largest absolute Gasteiger partial charge is 0.381 e. The zero-order valence-corrected chi connectivity index (χ0v) is 24.5. The van der Waals surface area contributed by atoms with Crippen molar-refractivity contribution in [3.8, 4) is 11.8 Å². The van der Waals surface area contributed by atoms with Crippen molar-refractivity contribution in [1.29, 1.82) is 0 Å². The molecule has 0 radical (unpaired) electrons. The van der Waals surface area contributed by atoms with Crippen LogP contribution in [0.1, 0.15) is 97.3 Å². The Morgan fingerprint density at radius 3 is 2.28 bits per heavy atom. The SMILES string of the molecule is CCN(C)C(=O)c1ccc(C#CC(O)c2cc(NCc3ccc(C)cc3)c3c(c2)C(C)(C)CCC3(C)C)cc1. The van der Waals surface area contributed by atoms with Crippen molar-refractivity contribution >= 4 is 11.6 Å². The van der Waals surface area contributed by atoms with E-state index in [9.17, 15) is 9.90 Å². The van der Waals surface area contributed by atoms with Gasteiger partial charge in [-0.2, -0.15) is 0 Å². The minimum absolute atomic E-state index is 0.00230. The first kappa shape index (κ1) is 28.5. The Hall–Kier alpha value is -3.55. The van der Waals surface area contributed by atoms with E-state index in [1.807, 2.05) is 19.1 Å². The maximum Gasteiger partial charge on any atom is 0.253 e. The van der Waals surface area contributed by atoms with Crippen LogP contribution in [0.2, 0.25) is 0 Å². The molecule has 0 saturated heterocycles. The minimum Gasteiger partial charge on any atom is -0.381 e. The van der Waals surface area contributed by atoms with E-state index in [0.717, 1.165) is 29.7 Å². The lowest BCUT2D eigenvalue weighted by molar-refractivity contribution is 0.0802. The average molecular weight is 523 g/mol. The van der Waals surface area contributed by atoms with Gasteiger partial charge in [0.2, 0.25) is 0 Å². The van der Waals surface area contributed by atoms with Gasteiger partial charge in [0.1, 0.15) is 6.10 Å². The number of rotatable bonds is 6. The van der Waals surface area contributed by atoms with Crippen LogP contribution in [0.25, 0.3) is 0 Å². The van der Waals surface area contributed by atoms with Crippen LogP contribution in [0.5, 0.6) is 0 Å². The Morgan fingerprint density at radius 1 is 1.00 bits per heavy atom. The number of aliphatic hydroxyl groups excluding tert-OH is 1. The van der Waals surface area contributed by atoms with Gasteiger partial charge in [0.05, 0.1) is 0 Å². The van der Waals surface area contributed by atoms with Gasteiger partial charge in [-0.25, -0.2) is 0 Å². The molecular weight excluding hydrogens is 480 g/mol. The number of hydrogen-bond donors (Lipinski definition) is 2. The lowest BCUT2D eigenvalue weighted by Crippen LogP contribution is -2.35. The van der Waals surface area contributed by atoms with Crippen molar-refractivity contribution in [1.82, 2.24) is 4.90 Å². The fourth-order valence-corrected chi connectivity index (χ4v) is 5.31. The molecule has 4 nitrogen and oxygen atoms in total. The molecule has 0 heterocycles. The highest BCUT2D eigenvalue weighted by molar-refractivity contribution is 5.94. The fraction of sp³-hybridized carbons (Fsp3) is 0.400. The Kier molecular flexibility index (Phi) is 8.23. The van der Waals surface area contributed by atoms with E-state index < -0.39 is 6.10 Å². The zero-order chi connectivity index (χ0) is 28.4. The fourth-order valence-electron chi connectivity index (χ4n) is 5.31. The Labute approximate surface area is 234 Å². The van der Waals surface area contributed by atoms with Crippen LogP contribution in [0.15, 0.2) is 60.7 Å². The van der Waals surface area contributed by atoms with Gasteiger partial charge in [0.15, 0.2) is 0 Å². The molecule has 4 heteroatoms. The molecule has 4 rings (SSSR count). The third-order valence-electron chi connectivity index (χ3n) is 8.17. The van der Waals surface area contributed by atoms with E-state index in [0.29, 0.717) is 18.7 Å². The number of aliphatic hydroxyl groups is 1. The van der Waals surface area contributed by atoms with Gasteiger partial charge in [0, 0.05) is 37.0 Å². The summed E-state index contributed by atoms with van der Waals surface area (Å²) in [7, 11) is 1.79. The highest BCUT2D eigenvalue weighted by Crippen LogP contribution is 2.49. The van der Waals surface area contributed by atoms with Gasteiger partial charge in [-0.15, -0.1) is 0 Å². The van der Waals surface area contributed by atoms with Crippen molar-refractivity contribution in [2.75, 3.05) is 18.9 Å². The summed E-state index contributed by atoms with van der Waals surface area (Å²) in [4.78, 5) is 14.1. The molecule has 3 aromatic carbocycles. The van der Waals surface area contributed by atoms with Crippen LogP contribution < -0.4 is 5.32 Å². The first-order valence-corrected chi connectivity index (χ1v) is 13.9. The molecule has 39 heavy (non-hydrogen) atoms. The number of amides is 1. The van der Waals surface area contributed by atoms with E-state index in [2.05, 4.69) is 88.2 Å². The maximum absolute atomic E-state index is 12.4. The van der Waals surface area contributed by atoms with Gasteiger partial charge < -0.3 is 15.3 Å². The van der Waals surface area contributed by atoms with Crippen molar-refractivity contribution in [2.24, 2.45) is 0 Å². The summed E-state index contributed by atoms with van der Waals surface area (Å²) in [6.45, 7) is 14.7. The first-order chi connectivity index (χ1) is 18.4. The van der Waals surface area contributed by atoms with Crippen molar-refractivity contribution in [3.63, 3.8) is 0 Å². The number of carbonyl (C=O) groups is 1. The van der Waals surface area contributed by atoms with E-state index >= 15 is 0 Å². The molecule has 0 aromatic heterocycles. The molecule has 0 fully saturated rings. The molecule has 1 unspecified atom stereocenters. The standard InChI is InChI=1S/C35H42N2O2/c1-8-37(7)33(39)27-16-13-25(14-17-27)15-18-31(38)28-21-29-32(35(5,6)20-19-34(29,3)4)30(22-28)36-23-26-11-9-24(2)10-12-26/h9-14,16-17,21-22,31,36,38H,8,19-20,23H2,1-7H3. The highest BCUT2D eigenvalue weighted by atomic mass is 16.3. The number of nitrogens with one attached hydrogen (secondary N) is 1. The lowest BCUT2D eigenvalue weighted by atomic mass is 9.62. The van der Waals surface area contributed by atoms with Crippen LogP contribution >= 0.6 is 0 Å². The number of carbonyl (C=O) groups excluding carboxylic acids is 1. The zero-order valence-electron chi connectivity index (χ0n) is 24.5. The van der Waals surface area contributed by atoms with E-state index in [1.54, 1.807) is 24.1 Å². The molecule has 0 saturated carbocycles. The molecule has 1 atom stereocenters. The quantitative estimate of drug-likeness (QED) is 0.339. The topological polar surface area (TPSA) is 52.6 Å². The van der Waals surface area contributed by atoms with Gasteiger partial charge in [-0.05, 0) is 90.1 Å². The van der Waals surface area contributed by atoms with E-state index in [1.165, 1.54) is 22.3 Å². The second-order valence-electron chi connectivity index (χ2n) is 12.2. The first-order valence-electron chi connectivity index (χ1n) is 13.9. The number of hydrogen-bond acceptors (Lipinski definition) is 3. The van der Waals surface area contributed by atoms with Crippen LogP contribution in [0.3, 0.4) is 0 Å². The second kappa shape index (κ2) is 11.3. The van der Waals surface area contributed by atoms with E-state index in [4.69, 9.17) is 0 Å². The van der Waals surface area contributed by atoms with E-state index in [-0.39, 0.29) is 16.7 Å². The predicted molar refractivity (Wildman–Crippen MR) is 161 cm³/mol. The molecule has 3 aromatic rings. The molecule has 0 bridgehead atoms. The Balaban J connectivity index is 1.66. The Bertz CT molecular complexity index is 1390. The normalized spacial score (nSPS) is 15.9. The van der Waals surface area contributed by atoms with Crippen molar-refractivity contribution < 1.29 is 9.90 Å². The number of benzene rings is 3. The Morgan fingerprint density at radius 2 is 1.64 bits per heavy atom. The van der Waals surface area contributed by atoms with Crippen LogP contribution in [0, 0.1) is 18.8 Å². The summed E-state index contributed by atoms with van der Waals surface area (Å²) in [5.41, 5.74) is 8.40. The molecule has 2 N–H and O–H groups in total. The summed E-state index contributed by atoms with van der Waals surface area (Å²) in [5.74, 6) is 6.14. The molecule has 0 aliphatic heterocycles. The number of fused-ring (bicyclic) bond motifs is 1. The van der Waals surface area contributed by atoms with Crippen LogP contribution in [0.4, 0.5) is 5.69 Å². The second-order valence-corrected chi connectivity index (χ2v) is 12.2. The van der Waals surface area contributed by atoms with Crippen LogP contribution in [-0.2, 0) is 17.4 Å². The maximum atomic E-state index is 12.4. The van der Waals surface area contributed by atoms with Crippen LogP contribution in [-0.4, -0.2) is 29.5 Å². The smallest absolute Gasteiger partial charge is 0.253 e. The molecular formula is C35H42N2O2. The molecule has 1 aliphatic carbocycles. The summed E-state index contributed by atoms with van der Waals surface area (Å²) >= 11 is 0. The third-order valence-corrected chi connectivity index (χ3v) is 8.17. The highest BCUT2D eigenvalue weighted by Gasteiger charge is 2.39.